The van der Waals surface area contributed by atoms with Gasteiger partial charge in [-0.1, -0.05) is 41.4 Å². The average Bonchev–Trinajstić information content (AvgIpc) is 2.75. The largest absolute Gasteiger partial charge is 0.494 e. The zero-order chi connectivity index (χ0) is 23.3. The van der Waals surface area contributed by atoms with Gasteiger partial charge < -0.3 is 10.1 Å². The van der Waals surface area contributed by atoms with Gasteiger partial charge in [-0.3, -0.25) is 9.52 Å². The number of anilines is 1. The van der Waals surface area contributed by atoms with Crippen LogP contribution in [0.5, 0.6) is 5.75 Å². The van der Waals surface area contributed by atoms with Crippen LogP contribution in [0.15, 0.2) is 65.6 Å². The van der Waals surface area contributed by atoms with Crippen LogP contribution in [0.2, 0.25) is 10.0 Å². The molecule has 0 spiro atoms. The zero-order valence-corrected chi connectivity index (χ0v) is 19.2. The third kappa shape index (κ3) is 6.12. The number of carbonyl (C=O) groups is 1. The van der Waals surface area contributed by atoms with Crippen LogP contribution in [0.25, 0.3) is 0 Å². The van der Waals surface area contributed by atoms with Crippen LogP contribution < -0.4 is 14.8 Å². The van der Waals surface area contributed by atoms with Crippen molar-refractivity contribution in [2.45, 2.75) is 17.9 Å². The summed E-state index contributed by atoms with van der Waals surface area (Å²) in [5.41, 5.74) is 1.61. The summed E-state index contributed by atoms with van der Waals surface area (Å²) in [5.74, 6) is -0.626. The first kappa shape index (κ1) is 23.8. The predicted molar refractivity (Wildman–Crippen MR) is 122 cm³/mol. The minimum Gasteiger partial charge on any atom is -0.494 e. The molecule has 6 nitrogen and oxygen atoms in total. The number of sulfonamides is 1. The van der Waals surface area contributed by atoms with Crippen molar-refractivity contribution in [2.75, 3.05) is 11.8 Å². The van der Waals surface area contributed by atoms with Gasteiger partial charge in [0.25, 0.3) is 10.0 Å². The summed E-state index contributed by atoms with van der Waals surface area (Å²) in [6, 6.07) is 14.9. The average molecular weight is 497 g/mol. The lowest BCUT2D eigenvalue weighted by atomic mass is 10.1. The molecule has 1 amide bonds. The Kier molecular flexibility index (Phi) is 7.60. The van der Waals surface area contributed by atoms with E-state index >= 15 is 0 Å². The number of rotatable bonds is 8. The zero-order valence-electron chi connectivity index (χ0n) is 16.9. The van der Waals surface area contributed by atoms with Gasteiger partial charge in [0.1, 0.15) is 0 Å². The van der Waals surface area contributed by atoms with Crippen molar-refractivity contribution in [2.24, 2.45) is 0 Å². The first-order chi connectivity index (χ1) is 15.2. The molecule has 0 unspecified atom stereocenters. The second-order valence-corrected chi connectivity index (χ2v) is 9.30. The molecule has 10 heteroatoms. The second-order valence-electron chi connectivity index (χ2n) is 6.80. The van der Waals surface area contributed by atoms with E-state index in [1.54, 1.807) is 30.3 Å². The van der Waals surface area contributed by atoms with Crippen LogP contribution in [-0.2, 0) is 27.8 Å². The Morgan fingerprint density at radius 1 is 0.969 bits per heavy atom. The lowest BCUT2D eigenvalue weighted by molar-refractivity contribution is -0.120. The van der Waals surface area contributed by atoms with Gasteiger partial charge in [0.05, 0.1) is 28.5 Å². The highest BCUT2D eigenvalue weighted by atomic mass is 35.5. The van der Waals surface area contributed by atoms with Gasteiger partial charge in [-0.25, -0.2) is 12.8 Å². The van der Waals surface area contributed by atoms with Crippen molar-refractivity contribution in [1.29, 1.82) is 0 Å². The van der Waals surface area contributed by atoms with E-state index in [2.05, 4.69) is 10.0 Å². The fraction of sp³-hybridized carbons (Fsp3) is 0.136. The molecular formula is C22H19Cl2FN2O4S. The van der Waals surface area contributed by atoms with Gasteiger partial charge in [0.15, 0.2) is 11.6 Å². The summed E-state index contributed by atoms with van der Waals surface area (Å²) in [7, 11) is -2.47. The maximum absolute atomic E-state index is 13.7. The number of halogens is 3. The number of hydrogen-bond donors (Lipinski definition) is 2. The van der Waals surface area contributed by atoms with Crippen molar-refractivity contribution >= 4 is 44.8 Å². The van der Waals surface area contributed by atoms with E-state index in [1.165, 1.54) is 37.4 Å². The van der Waals surface area contributed by atoms with Gasteiger partial charge in [-0.15, -0.1) is 0 Å². The predicted octanol–water partition coefficient (Wildman–Crippen LogP) is 4.80. The molecule has 0 aromatic heterocycles. The van der Waals surface area contributed by atoms with Crippen molar-refractivity contribution in [3.05, 3.63) is 87.7 Å². The summed E-state index contributed by atoms with van der Waals surface area (Å²) in [5, 5.41) is 3.10. The molecule has 0 bridgehead atoms. The van der Waals surface area contributed by atoms with Crippen molar-refractivity contribution in [3.8, 4) is 5.75 Å². The molecular weight excluding hydrogens is 478 g/mol. The summed E-state index contributed by atoms with van der Waals surface area (Å²) >= 11 is 11.7. The minimum atomic E-state index is -3.85. The first-order valence-electron chi connectivity index (χ1n) is 9.34. The SMILES string of the molecule is COc1ccc(CNC(=O)Cc2ccc(NS(=O)(=O)c3ccc(Cl)c(Cl)c3)cc2)cc1F. The Labute approximate surface area is 195 Å². The monoisotopic (exact) mass is 496 g/mol. The van der Waals surface area contributed by atoms with E-state index in [9.17, 15) is 17.6 Å². The van der Waals surface area contributed by atoms with E-state index in [-0.39, 0.29) is 39.6 Å². The maximum atomic E-state index is 13.7. The maximum Gasteiger partial charge on any atom is 0.261 e. The lowest BCUT2D eigenvalue weighted by Gasteiger charge is -2.10. The summed E-state index contributed by atoms with van der Waals surface area (Å²) in [6.07, 6.45) is 0.0818. The highest BCUT2D eigenvalue weighted by molar-refractivity contribution is 7.92. The number of methoxy groups -OCH3 is 1. The molecule has 3 rings (SSSR count). The molecule has 2 N–H and O–H groups in total. The summed E-state index contributed by atoms with van der Waals surface area (Å²) < 4.78 is 46.0. The molecule has 3 aromatic carbocycles. The van der Waals surface area contributed by atoms with Crippen LogP contribution in [0.3, 0.4) is 0 Å². The molecule has 0 aliphatic heterocycles. The van der Waals surface area contributed by atoms with Gasteiger partial charge >= 0.3 is 0 Å². The lowest BCUT2D eigenvalue weighted by Crippen LogP contribution is -2.24. The van der Waals surface area contributed by atoms with E-state index in [0.717, 1.165) is 0 Å². The fourth-order valence-electron chi connectivity index (χ4n) is 2.82. The molecule has 0 heterocycles. The Morgan fingerprint density at radius 3 is 2.28 bits per heavy atom. The topological polar surface area (TPSA) is 84.5 Å². The molecule has 0 saturated carbocycles. The second kappa shape index (κ2) is 10.2. The molecule has 0 aliphatic carbocycles. The number of benzene rings is 3. The number of ether oxygens (including phenoxy) is 1. The minimum absolute atomic E-state index is 0.0228. The van der Waals surface area contributed by atoms with Gasteiger partial charge in [-0.2, -0.15) is 0 Å². The van der Waals surface area contributed by atoms with Crippen molar-refractivity contribution in [1.82, 2.24) is 5.32 Å². The molecule has 0 radical (unpaired) electrons. The van der Waals surface area contributed by atoms with Gasteiger partial charge in [0.2, 0.25) is 5.91 Å². The number of amides is 1. The highest BCUT2D eigenvalue weighted by Gasteiger charge is 2.16. The highest BCUT2D eigenvalue weighted by Crippen LogP contribution is 2.26. The quantitative estimate of drug-likeness (QED) is 0.468. The fourth-order valence-corrected chi connectivity index (χ4v) is 4.26. The molecule has 0 saturated heterocycles. The standard InChI is InChI=1S/C22H19Cl2FN2O4S/c1-31-21-9-4-15(10-20(21)25)13-26-22(28)11-14-2-5-16(6-3-14)27-32(29,30)17-7-8-18(23)19(24)12-17/h2-10,12,27H,11,13H2,1H3,(H,26,28). The number of hydrogen-bond acceptors (Lipinski definition) is 4. The third-order valence-corrected chi connectivity index (χ3v) is 6.60. The summed E-state index contributed by atoms with van der Waals surface area (Å²) in [6.45, 7) is 0.168. The normalized spacial score (nSPS) is 11.1. The number of carbonyl (C=O) groups excluding carboxylic acids is 1. The van der Waals surface area contributed by atoms with Crippen LogP contribution in [0.1, 0.15) is 11.1 Å². The van der Waals surface area contributed by atoms with E-state index in [1.807, 2.05) is 0 Å². The Morgan fingerprint density at radius 2 is 1.66 bits per heavy atom. The summed E-state index contributed by atoms with van der Waals surface area (Å²) in [4.78, 5) is 12.2. The third-order valence-electron chi connectivity index (χ3n) is 4.48. The Bertz CT molecular complexity index is 1240. The van der Waals surface area contributed by atoms with Crippen LogP contribution in [-0.4, -0.2) is 21.4 Å². The van der Waals surface area contributed by atoms with E-state index in [4.69, 9.17) is 27.9 Å². The smallest absolute Gasteiger partial charge is 0.261 e. The van der Waals surface area contributed by atoms with Crippen LogP contribution >= 0.6 is 23.2 Å². The van der Waals surface area contributed by atoms with Gasteiger partial charge in [0, 0.05) is 12.2 Å². The van der Waals surface area contributed by atoms with Gasteiger partial charge in [-0.05, 0) is 53.6 Å². The Balaban J connectivity index is 1.57. The molecule has 3 aromatic rings. The molecule has 0 aliphatic rings. The van der Waals surface area contributed by atoms with E-state index < -0.39 is 15.8 Å². The number of nitrogens with one attached hydrogen (secondary N) is 2. The molecule has 168 valence electrons. The Hall–Kier alpha value is -2.81. The van der Waals surface area contributed by atoms with Crippen molar-refractivity contribution < 1.29 is 22.3 Å². The van der Waals surface area contributed by atoms with Crippen LogP contribution in [0, 0.1) is 5.82 Å². The molecule has 0 atom stereocenters. The van der Waals surface area contributed by atoms with Crippen LogP contribution in [0.4, 0.5) is 10.1 Å². The molecule has 0 fully saturated rings. The first-order valence-corrected chi connectivity index (χ1v) is 11.6. The van der Waals surface area contributed by atoms with E-state index in [0.29, 0.717) is 16.8 Å². The molecule has 32 heavy (non-hydrogen) atoms. The van der Waals surface area contributed by atoms with Crippen molar-refractivity contribution in [3.63, 3.8) is 0 Å².